The van der Waals surface area contributed by atoms with Crippen molar-refractivity contribution in [1.29, 1.82) is 0 Å². The van der Waals surface area contributed by atoms with Crippen LogP contribution in [0.2, 0.25) is 0 Å². The average Bonchev–Trinajstić information content (AvgIpc) is 1.86. The fourth-order valence-electron chi connectivity index (χ4n) is 0.206. The van der Waals surface area contributed by atoms with E-state index >= 15 is 0 Å². The van der Waals surface area contributed by atoms with Gasteiger partial charge in [-0.3, -0.25) is 4.99 Å². The molecule has 0 aromatic heterocycles. The van der Waals surface area contributed by atoms with E-state index < -0.39 is 0 Å². The maximum Gasteiger partial charge on any atom is 0.183 e. The predicted octanol–water partition coefficient (Wildman–Crippen LogP) is 1.37. The van der Waals surface area contributed by atoms with Gasteiger partial charge in [-0.2, -0.15) is 0 Å². The molecule has 0 unspecified atom stereocenters. The highest BCUT2D eigenvalue weighted by molar-refractivity contribution is 8.02. The third kappa shape index (κ3) is 0.884. The summed E-state index contributed by atoms with van der Waals surface area (Å²) in [4.78, 5) is 3.63. The molecule has 1 aliphatic heterocycles. The molecule has 0 saturated carbocycles. The van der Waals surface area contributed by atoms with Crippen LogP contribution in [0.25, 0.3) is 0 Å². The number of rotatable bonds is 0. The lowest BCUT2D eigenvalue weighted by atomic mass is 10.9. The molecule has 0 fully saturated rings. The lowest BCUT2D eigenvalue weighted by molar-refractivity contribution is 1.58. The molecule has 1 rings (SSSR count). The molecule has 1 aliphatic rings. The molecule has 1 heterocycles. The molecule has 0 aliphatic carbocycles. The minimum Gasteiger partial charge on any atom is -0.252 e. The van der Waals surface area contributed by atoms with Crippen LogP contribution in [-0.4, -0.2) is 10.9 Å². The van der Waals surface area contributed by atoms with Crippen LogP contribution in [0, 0.1) is 5.88 Å². The summed E-state index contributed by atoms with van der Waals surface area (Å²) < 4.78 is 0. The first-order valence-electron chi connectivity index (χ1n) is 1.48. The van der Waals surface area contributed by atoms with Gasteiger partial charge in [0, 0.05) is 5.75 Å². The number of nitrogens with zero attached hydrogens (tertiary/aromatic N) is 1. The summed E-state index contributed by atoms with van der Waals surface area (Å²) in [6.45, 7) is 0. The standard InChI is InChI=1S/C3H2ClNS/c4-3-1-6-2-5-3/h1H2. The Balaban J connectivity index is 2.45. The van der Waals surface area contributed by atoms with E-state index in [9.17, 15) is 0 Å². The second-order valence-electron chi connectivity index (χ2n) is 0.868. The van der Waals surface area contributed by atoms with Gasteiger partial charge in [0.05, 0.1) is 0 Å². The van der Waals surface area contributed by atoms with Crippen molar-refractivity contribution in [2.24, 2.45) is 4.99 Å². The van der Waals surface area contributed by atoms with E-state index in [2.05, 4.69) is 10.9 Å². The maximum absolute atomic E-state index is 5.38. The topological polar surface area (TPSA) is 12.4 Å². The summed E-state index contributed by atoms with van der Waals surface area (Å²) in [7, 11) is 0. The van der Waals surface area contributed by atoms with E-state index in [0.717, 1.165) is 5.75 Å². The van der Waals surface area contributed by atoms with Crippen LogP contribution >= 0.6 is 23.4 Å². The van der Waals surface area contributed by atoms with E-state index in [1.165, 1.54) is 11.8 Å². The molecule has 0 aromatic carbocycles. The quantitative estimate of drug-likeness (QED) is 0.469. The zero-order valence-corrected chi connectivity index (χ0v) is 4.51. The Morgan fingerprint density at radius 2 is 2.83 bits per heavy atom. The van der Waals surface area contributed by atoms with E-state index in [0.29, 0.717) is 5.17 Å². The molecule has 0 amide bonds. The summed E-state index contributed by atoms with van der Waals surface area (Å²) in [5.41, 5.74) is 0. The highest BCUT2D eigenvalue weighted by atomic mass is 35.5. The third-order valence-electron chi connectivity index (χ3n) is 0.423. The summed E-state index contributed by atoms with van der Waals surface area (Å²) in [5, 5.41) is 0.653. The maximum atomic E-state index is 5.38. The smallest absolute Gasteiger partial charge is 0.183 e. The Labute approximate surface area is 45.8 Å². The van der Waals surface area contributed by atoms with Crippen molar-refractivity contribution < 1.29 is 0 Å². The van der Waals surface area contributed by atoms with Gasteiger partial charge in [-0.15, -0.1) is 11.8 Å². The highest BCUT2D eigenvalue weighted by Gasteiger charge is 2.01. The van der Waals surface area contributed by atoms with E-state index in [4.69, 9.17) is 11.6 Å². The van der Waals surface area contributed by atoms with Gasteiger partial charge in [0.2, 0.25) is 0 Å². The van der Waals surface area contributed by atoms with Crippen molar-refractivity contribution in [3.8, 4) is 0 Å². The summed E-state index contributed by atoms with van der Waals surface area (Å²) in [6.07, 6.45) is 0. The van der Waals surface area contributed by atoms with Crippen LogP contribution in [-0.2, 0) is 0 Å². The Kier molecular flexibility index (Phi) is 1.37. The lowest BCUT2D eigenvalue weighted by Crippen LogP contribution is -1.79. The predicted molar refractivity (Wildman–Crippen MR) is 29.0 cm³/mol. The minimum absolute atomic E-state index is 0.653. The van der Waals surface area contributed by atoms with Gasteiger partial charge in [-0.05, 0) is 0 Å². The van der Waals surface area contributed by atoms with Gasteiger partial charge in [-0.1, -0.05) is 11.6 Å². The van der Waals surface area contributed by atoms with Crippen LogP contribution in [0.1, 0.15) is 0 Å². The molecular formula is C3H2ClNS. The average molecular weight is 120 g/mol. The molecule has 0 bridgehead atoms. The molecule has 3 heteroatoms. The lowest BCUT2D eigenvalue weighted by Gasteiger charge is -1.72. The van der Waals surface area contributed by atoms with E-state index in [1.807, 2.05) is 0 Å². The van der Waals surface area contributed by atoms with Crippen LogP contribution < -0.4 is 0 Å². The largest absolute Gasteiger partial charge is 0.252 e. The first-order chi connectivity index (χ1) is 2.89. The Morgan fingerprint density at radius 1 is 2.00 bits per heavy atom. The molecule has 2 radical (unpaired) electrons. The monoisotopic (exact) mass is 119 g/mol. The first-order valence-corrected chi connectivity index (χ1v) is 2.85. The summed E-state index contributed by atoms with van der Waals surface area (Å²) in [6, 6.07) is 0. The first kappa shape index (κ1) is 4.47. The van der Waals surface area contributed by atoms with Crippen LogP contribution in [0.3, 0.4) is 0 Å². The van der Waals surface area contributed by atoms with Crippen molar-refractivity contribution in [1.82, 2.24) is 0 Å². The van der Waals surface area contributed by atoms with Crippen molar-refractivity contribution in [2.45, 2.75) is 0 Å². The summed E-state index contributed by atoms with van der Waals surface area (Å²) in [5.74, 6) is 3.45. The van der Waals surface area contributed by atoms with Gasteiger partial charge in [0.25, 0.3) is 0 Å². The molecule has 0 N–H and O–H groups in total. The number of halogens is 1. The zero-order chi connectivity index (χ0) is 4.41. The fourth-order valence-corrected chi connectivity index (χ4v) is 0.885. The molecule has 0 aromatic rings. The van der Waals surface area contributed by atoms with E-state index in [-0.39, 0.29) is 0 Å². The Morgan fingerprint density at radius 3 is 3.00 bits per heavy atom. The van der Waals surface area contributed by atoms with Crippen molar-refractivity contribution in [2.75, 3.05) is 5.75 Å². The number of thioether (sulfide) groups is 1. The molecule has 0 atom stereocenters. The second kappa shape index (κ2) is 1.85. The van der Waals surface area contributed by atoms with Gasteiger partial charge >= 0.3 is 0 Å². The van der Waals surface area contributed by atoms with Crippen molar-refractivity contribution in [3.05, 3.63) is 5.88 Å². The Hall–Kier alpha value is 0.310. The van der Waals surface area contributed by atoms with Crippen LogP contribution in [0.15, 0.2) is 4.99 Å². The fraction of sp³-hybridized carbons (Fsp3) is 0.333. The highest BCUT2D eigenvalue weighted by Crippen LogP contribution is 2.15. The van der Waals surface area contributed by atoms with Gasteiger partial charge in [0.15, 0.2) is 5.88 Å². The van der Waals surface area contributed by atoms with Crippen molar-refractivity contribution in [3.63, 3.8) is 0 Å². The molecule has 0 spiro atoms. The number of aliphatic imine (C=N–C) groups is 1. The molecule has 1 nitrogen and oxygen atoms in total. The minimum atomic E-state index is 0.653. The van der Waals surface area contributed by atoms with E-state index in [1.54, 1.807) is 0 Å². The molecular weight excluding hydrogens is 118 g/mol. The third-order valence-corrected chi connectivity index (χ3v) is 1.44. The zero-order valence-electron chi connectivity index (χ0n) is 2.94. The second-order valence-corrected chi connectivity index (χ2v) is 2.06. The normalized spacial score (nSPS) is 21.2. The number of hydrogen-bond acceptors (Lipinski definition) is 2. The van der Waals surface area contributed by atoms with Gasteiger partial charge in [-0.25, -0.2) is 0 Å². The Bertz CT molecular complexity index is 80.9. The van der Waals surface area contributed by atoms with Gasteiger partial charge < -0.3 is 0 Å². The van der Waals surface area contributed by atoms with Crippen molar-refractivity contribution >= 4 is 28.5 Å². The van der Waals surface area contributed by atoms with Crippen LogP contribution in [0.4, 0.5) is 0 Å². The van der Waals surface area contributed by atoms with Gasteiger partial charge in [0.1, 0.15) is 5.17 Å². The molecule has 6 heavy (non-hydrogen) atoms. The van der Waals surface area contributed by atoms with Crippen LogP contribution in [0.5, 0.6) is 0 Å². The summed E-state index contributed by atoms with van der Waals surface area (Å²) >= 11 is 6.88. The number of hydrogen-bond donors (Lipinski definition) is 0. The molecule has 32 valence electrons. The SMILES string of the molecule is ClC1=N[C]SC1. The molecule has 0 saturated heterocycles.